The van der Waals surface area contributed by atoms with Crippen LogP contribution in [0.5, 0.6) is 0 Å². The molecule has 1 N–H and O–H groups in total. The third kappa shape index (κ3) is 3.68. The van der Waals surface area contributed by atoms with Crippen LogP contribution in [0.25, 0.3) is 0 Å². The number of carbonyl (C=O) groups is 1. The van der Waals surface area contributed by atoms with Gasteiger partial charge in [-0.15, -0.1) is 0 Å². The molecule has 0 aliphatic rings. The third-order valence-electron chi connectivity index (χ3n) is 2.61. The van der Waals surface area contributed by atoms with Gasteiger partial charge in [-0.2, -0.15) is 0 Å². The zero-order valence-corrected chi connectivity index (χ0v) is 10.4. The van der Waals surface area contributed by atoms with Gasteiger partial charge in [-0.05, 0) is 19.8 Å². The number of carbonyl (C=O) groups excluding carboxylic acids is 1. The number of rotatable bonds is 6. The Morgan fingerprint density at radius 1 is 1.56 bits per heavy atom. The van der Waals surface area contributed by atoms with Gasteiger partial charge in [-0.1, -0.05) is 13.8 Å². The molecule has 0 spiro atoms. The number of nitrogens with one attached hydrogen (secondary N) is 1. The average Bonchev–Trinajstić information content (AvgIpc) is 2.66. The molecule has 16 heavy (non-hydrogen) atoms. The van der Waals surface area contributed by atoms with Crippen LogP contribution in [0, 0.1) is 0 Å². The normalized spacial score (nSPS) is 12.4. The summed E-state index contributed by atoms with van der Waals surface area (Å²) in [7, 11) is 0. The summed E-state index contributed by atoms with van der Waals surface area (Å²) in [4.78, 5) is 15.9. The van der Waals surface area contributed by atoms with E-state index in [0.29, 0.717) is 6.54 Å². The number of hydrogen-bond donors (Lipinski definition) is 1. The molecule has 1 rings (SSSR count). The van der Waals surface area contributed by atoms with E-state index in [4.69, 9.17) is 0 Å². The van der Waals surface area contributed by atoms with Crippen molar-refractivity contribution in [2.45, 2.75) is 52.6 Å². The van der Waals surface area contributed by atoms with Crippen molar-refractivity contribution in [2.75, 3.05) is 0 Å². The van der Waals surface area contributed by atoms with Crippen molar-refractivity contribution in [2.24, 2.45) is 0 Å². The molecule has 90 valence electrons. The second-order valence-corrected chi connectivity index (χ2v) is 4.10. The molecule has 0 aliphatic carbocycles. The Hall–Kier alpha value is -1.32. The van der Waals surface area contributed by atoms with Crippen molar-refractivity contribution in [1.29, 1.82) is 0 Å². The van der Waals surface area contributed by atoms with Gasteiger partial charge >= 0.3 is 0 Å². The summed E-state index contributed by atoms with van der Waals surface area (Å²) in [6.45, 7) is 6.56. The van der Waals surface area contributed by atoms with Gasteiger partial charge in [0.2, 0.25) is 5.91 Å². The van der Waals surface area contributed by atoms with Crippen molar-refractivity contribution in [3.8, 4) is 0 Å². The predicted molar refractivity (Wildman–Crippen MR) is 64.1 cm³/mol. The molecule has 4 heteroatoms. The van der Waals surface area contributed by atoms with Crippen LogP contribution in [-0.4, -0.2) is 21.5 Å². The van der Waals surface area contributed by atoms with Crippen LogP contribution in [0.4, 0.5) is 0 Å². The fourth-order valence-electron chi connectivity index (χ4n) is 1.51. The molecule has 0 aromatic carbocycles. The van der Waals surface area contributed by atoms with E-state index in [1.807, 2.05) is 17.7 Å². The van der Waals surface area contributed by atoms with Crippen molar-refractivity contribution in [3.05, 3.63) is 18.2 Å². The Morgan fingerprint density at radius 2 is 2.31 bits per heavy atom. The molecule has 1 unspecified atom stereocenters. The highest BCUT2D eigenvalue weighted by Crippen LogP contribution is 2.01. The Balaban J connectivity index is 2.52. The van der Waals surface area contributed by atoms with E-state index in [-0.39, 0.29) is 11.9 Å². The predicted octanol–water partition coefficient (Wildman–Crippen LogP) is 1.75. The first kappa shape index (κ1) is 12.7. The minimum absolute atomic E-state index is 0.0599. The van der Waals surface area contributed by atoms with Gasteiger partial charge < -0.3 is 9.88 Å². The highest BCUT2D eigenvalue weighted by atomic mass is 16.2. The quantitative estimate of drug-likeness (QED) is 0.798. The van der Waals surface area contributed by atoms with Crippen LogP contribution >= 0.6 is 0 Å². The van der Waals surface area contributed by atoms with Gasteiger partial charge in [0.05, 0.1) is 0 Å². The average molecular weight is 223 g/mol. The lowest BCUT2D eigenvalue weighted by molar-refractivity contribution is -0.122. The van der Waals surface area contributed by atoms with E-state index in [9.17, 15) is 4.79 Å². The molecule has 0 bridgehead atoms. The maximum absolute atomic E-state index is 11.7. The molecule has 0 saturated heterocycles. The van der Waals surface area contributed by atoms with Crippen molar-refractivity contribution in [1.82, 2.24) is 14.9 Å². The number of hydrogen-bond acceptors (Lipinski definition) is 2. The van der Waals surface area contributed by atoms with Gasteiger partial charge in [0, 0.05) is 24.9 Å². The number of imidazole rings is 1. The summed E-state index contributed by atoms with van der Waals surface area (Å²) < 4.78 is 1.92. The molecule has 4 nitrogen and oxygen atoms in total. The zero-order valence-electron chi connectivity index (χ0n) is 10.4. The van der Waals surface area contributed by atoms with E-state index < -0.39 is 0 Å². The monoisotopic (exact) mass is 223 g/mol. The minimum atomic E-state index is 0.0599. The maximum Gasteiger partial charge on any atom is 0.240 e. The Labute approximate surface area is 97.1 Å². The molecule has 1 heterocycles. The molecule has 0 radical (unpaired) electrons. The Kier molecular flexibility index (Phi) is 5.02. The third-order valence-corrected chi connectivity index (χ3v) is 2.61. The van der Waals surface area contributed by atoms with Gasteiger partial charge in [0.15, 0.2) is 0 Å². The summed E-state index contributed by atoms with van der Waals surface area (Å²) in [6.07, 6.45) is 6.54. The molecule has 1 atom stereocenters. The molecule has 1 aromatic rings. The lowest BCUT2D eigenvalue weighted by atomic mass is 10.2. The number of amides is 1. The molecular weight excluding hydrogens is 202 g/mol. The van der Waals surface area contributed by atoms with Crippen LogP contribution < -0.4 is 5.32 Å². The first-order chi connectivity index (χ1) is 7.67. The van der Waals surface area contributed by atoms with Crippen LogP contribution in [0.2, 0.25) is 0 Å². The first-order valence-corrected chi connectivity index (χ1v) is 5.96. The highest BCUT2D eigenvalue weighted by Gasteiger charge is 2.08. The van der Waals surface area contributed by atoms with Crippen molar-refractivity contribution < 1.29 is 4.79 Å². The Morgan fingerprint density at radius 3 is 2.94 bits per heavy atom. The van der Waals surface area contributed by atoms with Gasteiger partial charge in [0.25, 0.3) is 0 Å². The topological polar surface area (TPSA) is 46.9 Å². The fourth-order valence-corrected chi connectivity index (χ4v) is 1.51. The molecule has 0 saturated carbocycles. The Bertz CT molecular complexity index is 333. The highest BCUT2D eigenvalue weighted by molar-refractivity contribution is 5.76. The maximum atomic E-state index is 11.7. The first-order valence-electron chi connectivity index (χ1n) is 5.96. The fraction of sp³-hybridized carbons (Fsp3) is 0.667. The summed E-state index contributed by atoms with van der Waals surface area (Å²) >= 11 is 0. The summed E-state index contributed by atoms with van der Waals surface area (Å²) in [5.74, 6) is 1.05. The van der Waals surface area contributed by atoms with Gasteiger partial charge in [-0.25, -0.2) is 4.98 Å². The van der Waals surface area contributed by atoms with Crippen molar-refractivity contribution in [3.63, 3.8) is 0 Å². The van der Waals surface area contributed by atoms with E-state index in [1.165, 1.54) is 0 Å². The minimum Gasteiger partial charge on any atom is -0.352 e. The van der Waals surface area contributed by atoms with Gasteiger partial charge in [-0.3, -0.25) is 4.79 Å². The van der Waals surface area contributed by atoms with Crippen LogP contribution in [-0.2, 0) is 17.8 Å². The summed E-state index contributed by atoms with van der Waals surface area (Å²) in [6, 6.07) is 0.241. The van der Waals surface area contributed by atoms with E-state index >= 15 is 0 Å². The number of aryl methyl sites for hydroxylation is 1. The van der Waals surface area contributed by atoms with E-state index in [1.54, 1.807) is 6.20 Å². The lowest BCUT2D eigenvalue weighted by Crippen LogP contribution is -2.34. The largest absolute Gasteiger partial charge is 0.352 e. The van der Waals surface area contributed by atoms with E-state index in [2.05, 4.69) is 24.1 Å². The second-order valence-electron chi connectivity index (χ2n) is 4.10. The second kappa shape index (κ2) is 6.30. The molecule has 0 aliphatic heterocycles. The van der Waals surface area contributed by atoms with Gasteiger partial charge in [0.1, 0.15) is 12.4 Å². The standard InChI is InChI=1S/C12H21N3O/c1-4-6-11-13-7-8-15(11)9-12(16)14-10(3)5-2/h7-8,10H,4-6,9H2,1-3H3,(H,14,16). The zero-order chi connectivity index (χ0) is 12.0. The summed E-state index contributed by atoms with van der Waals surface area (Å²) in [5.41, 5.74) is 0. The lowest BCUT2D eigenvalue weighted by Gasteiger charge is -2.12. The number of nitrogens with zero attached hydrogens (tertiary/aromatic N) is 2. The smallest absolute Gasteiger partial charge is 0.240 e. The SMILES string of the molecule is CCCc1nccn1CC(=O)NC(C)CC. The van der Waals surface area contributed by atoms with Crippen LogP contribution in [0.15, 0.2) is 12.4 Å². The van der Waals surface area contributed by atoms with Crippen LogP contribution in [0.1, 0.15) is 39.4 Å². The summed E-state index contributed by atoms with van der Waals surface area (Å²) in [5, 5.41) is 2.95. The van der Waals surface area contributed by atoms with E-state index in [0.717, 1.165) is 25.1 Å². The molecular formula is C12H21N3O. The molecule has 1 amide bonds. The molecule has 1 aromatic heterocycles. The van der Waals surface area contributed by atoms with Crippen LogP contribution in [0.3, 0.4) is 0 Å². The van der Waals surface area contributed by atoms with Crippen molar-refractivity contribution >= 4 is 5.91 Å². The number of aromatic nitrogens is 2. The molecule has 0 fully saturated rings.